The van der Waals surface area contributed by atoms with Crippen LogP contribution in [-0.4, -0.2) is 37.2 Å². The molecule has 2 aromatic carbocycles. The van der Waals surface area contributed by atoms with E-state index in [-0.39, 0.29) is 12.4 Å². The molecule has 0 aromatic heterocycles. The van der Waals surface area contributed by atoms with Gasteiger partial charge in [0.2, 0.25) is 11.9 Å². The number of rotatable bonds is 6. The number of hydrogen-bond donors (Lipinski definition) is 0. The Bertz CT molecular complexity index is 783. The molecule has 1 aliphatic rings. The van der Waals surface area contributed by atoms with E-state index < -0.39 is 18.2 Å². The molecule has 0 amide bonds. The molecular weight excluding hydrogens is 336 g/mol. The first-order chi connectivity index (χ1) is 12.6. The second-order valence-electron chi connectivity index (χ2n) is 5.76. The Kier molecular flexibility index (Phi) is 5.41. The molecule has 1 heterocycles. The monoisotopic (exact) mass is 356 g/mol. The molecule has 2 atom stereocenters. The quantitative estimate of drug-likeness (QED) is 0.585. The van der Waals surface area contributed by atoms with Gasteiger partial charge < -0.3 is 18.9 Å². The lowest BCUT2D eigenvalue weighted by molar-refractivity contribution is -0.157. The molecule has 0 spiro atoms. The first kappa shape index (κ1) is 17.8. The van der Waals surface area contributed by atoms with Gasteiger partial charge in [0.1, 0.15) is 12.4 Å². The van der Waals surface area contributed by atoms with E-state index in [2.05, 4.69) is 0 Å². The summed E-state index contributed by atoms with van der Waals surface area (Å²) in [7, 11) is 0. The third-order valence-corrected chi connectivity index (χ3v) is 3.88. The summed E-state index contributed by atoms with van der Waals surface area (Å²) in [5.74, 6) is 0.811. The number of ether oxygens (including phenoxy) is 4. The van der Waals surface area contributed by atoms with Crippen molar-refractivity contribution in [1.82, 2.24) is 0 Å². The molecule has 0 N–H and O–H groups in total. The van der Waals surface area contributed by atoms with E-state index in [1.165, 1.54) is 6.92 Å². The Labute approximate surface area is 151 Å². The van der Waals surface area contributed by atoms with E-state index in [1.54, 1.807) is 42.5 Å². The van der Waals surface area contributed by atoms with Gasteiger partial charge in [-0.25, -0.2) is 4.79 Å². The van der Waals surface area contributed by atoms with Crippen molar-refractivity contribution in [1.29, 1.82) is 0 Å². The molecule has 0 unspecified atom stereocenters. The van der Waals surface area contributed by atoms with Crippen LogP contribution < -0.4 is 14.2 Å². The van der Waals surface area contributed by atoms with E-state index in [0.717, 1.165) is 0 Å². The summed E-state index contributed by atoms with van der Waals surface area (Å²) in [6, 6.07) is 13.8. The van der Waals surface area contributed by atoms with Gasteiger partial charge in [0, 0.05) is 5.56 Å². The van der Waals surface area contributed by atoms with Gasteiger partial charge >= 0.3 is 5.97 Å². The fourth-order valence-electron chi connectivity index (χ4n) is 2.56. The maximum absolute atomic E-state index is 12.4. The summed E-state index contributed by atoms with van der Waals surface area (Å²) in [5, 5.41) is 0. The second kappa shape index (κ2) is 7.91. The minimum atomic E-state index is -0.929. The Balaban J connectivity index is 1.59. The minimum absolute atomic E-state index is 0.0415. The topological polar surface area (TPSA) is 71.1 Å². The van der Waals surface area contributed by atoms with Crippen molar-refractivity contribution in [3.05, 3.63) is 54.1 Å². The number of ketones is 1. The van der Waals surface area contributed by atoms with Crippen LogP contribution in [0.1, 0.15) is 24.2 Å². The first-order valence-electron chi connectivity index (χ1n) is 8.44. The molecule has 0 fully saturated rings. The summed E-state index contributed by atoms with van der Waals surface area (Å²) in [4.78, 5) is 24.7. The maximum Gasteiger partial charge on any atom is 0.351 e. The van der Waals surface area contributed by atoms with Crippen molar-refractivity contribution in [2.24, 2.45) is 0 Å². The smallest absolute Gasteiger partial charge is 0.351 e. The fraction of sp³-hybridized carbons (Fsp3) is 0.300. The van der Waals surface area contributed by atoms with E-state index in [1.807, 2.05) is 13.0 Å². The lowest BCUT2D eigenvalue weighted by atomic mass is 10.1. The molecule has 26 heavy (non-hydrogen) atoms. The summed E-state index contributed by atoms with van der Waals surface area (Å²) in [5.41, 5.74) is 0.444. The van der Waals surface area contributed by atoms with Crippen molar-refractivity contribution >= 4 is 11.8 Å². The van der Waals surface area contributed by atoms with Crippen LogP contribution in [-0.2, 0) is 9.53 Å². The highest BCUT2D eigenvalue weighted by atomic mass is 16.6. The normalized spacial score (nSPS) is 16.5. The number of esters is 1. The number of para-hydroxylation sites is 2. The number of hydrogen-bond acceptors (Lipinski definition) is 6. The van der Waals surface area contributed by atoms with Crippen LogP contribution in [0.3, 0.4) is 0 Å². The van der Waals surface area contributed by atoms with Crippen molar-refractivity contribution < 1.29 is 28.5 Å². The Morgan fingerprint density at radius 3 is 2.50 bits per heavy atom. The molecule has 0 radical (unpaired) electrons. The zero-order valence-electron chi connectivity index (χ0n) is 14.6. The summed E-state index contributed by atoms with van der Waals surface area (Å²) in [6.45, 7) is 4.01. The standard InChI is InChI=1S/C20H20O6/c1-3-23-15-10-8-14(9-11-15)19(21)13(2)25-20(22)18-12-24-16-6-4-5-7-17(16)26-18/h4-11,13,18H,3,12H2,1-2H3/t13-,18+/m0/s1. The first-order valence-corrected chi connectivity index (χ1v) is 8.44. The van der Waals surface area contributed by atoms with E-state index in [4.69, 9.17) is 18.9 Å². The van der Waals surface area contributed by atoms with Crippen LogP contribution in [0.4, 0.5) is 0 Å². The average Bonchev–Trinajstić information content (AvgIpc) is 2.67. The van der Waals surface area contributed by atoms with Crippen molar-refractivity contribution in [3.8, 4) is 17.2 Å². The van der Waals surface area contributed by atoms with Gasteiger partial charge in [-0.15, -0.1) is 0 Å². The predicted molar refractivity (Wildman–Crippen MR) is 93.8 cm³/mol. The fourth-order valence-corrected chi connectivity index (χ4v) is 2.56. The zero-order valence-corrected chi connectivity index (χ0v) is 14.6. The van der Waals surface area contributed by atoms with Crippen molar-refractivity contribution in [2.75, 3.05) is 13.2 Å². The SMILES string of the molecule is CCOc1ccc(C(=O)[C@H](C)OC(=O)[C@H]2COc3ccccc3O2)cc1. The Hall–Kier alpha value is -3.02. The summed E-state index contributed by atoms with van der Waals surface area (Å²) < 4.78 is 21.7. The van der Waals surface area contributed by atoms with Gasteiger partial charge in [0.25, 0.3) is 0 Å². The van der Waals surface area contributed by atoms with Gasteiger partial charge in [-0.2, -0.15) is 0 Å². The van der Waals surface area contributed by atoms with E-state index >= 15 is 0 Å². The van der Waals surface area contributed by atoms with Gasteiger partial charge in [0.15, 0.2) is 17.6 Å². The molecule has 0 saturated heterocycles. The molecule has 2 aromatic rings. The molecule has 0 saturated carbocycles. The highest BCUT2D eigenvalue weighted by molar-refractivity contribution is 6.00. The van der Waals surface area contributed by atoms with Crippen molar-refractivity contribution in [2.45, 2.75) is 26.1 Å². The van der Waals surface area contributed by atoms with E-state index in [0.29, 0.717) is 29.4 Å². The van der Waals surface area contributed by atoms with Gasteiger partial charge in [0.05, 0.1) is 6.61 Å². The molecule has 1 aliphatic heterocycles. The number of benzene rings is 2. The third kappa shape index (κ3) is 3.96. The molecule has 0 aliphatic carbocycles. The Morgan fingerprint density at radius 2 is 1.81 bits per heavy atom. The zero-order chi connectivity index (χ0) is 18.5. The number of fused-ring (bicyclic) bond motifs is 1. The summed E-state index contributed by atoms with van der Waals surface area (Å²) in [6.07, 6.45) is -1.83. The van der Waals surface area contributed by atoms with Gasteiger partial charge in [-0.05, 0) is 50.2 Å². The molecule has 6 heteroatoms. The number of Topliss-reactive ketones (excluding diaryl/α,β-unsaturated/α-hetero) is 1. The van der Waals surface area contributed by atoms with E-state index in [9.17, 15) is 9.59 Å². The third-order valence-electron chi connectivity index (χ3n) is 3.88. The second-order valence-corrected chi connectivity index (χ2v) is 5.76. The Morgan fingerprint density at radius 1 is 1.12 bits per heavy atom. The van der Waals surface area contributed by atoms with Gasteiger partial charge in [-0.1, -0.05) is 12.1 Å². The largest absolute Gasteiger partial charge is 0.494 e. The van der Waals surface area contributed by atoms with Gasteiger partial charge in [-0.3, -0.25) is 4.79 Å². The minimum Gasteiger partial charge on any atom is -0.494 e. The molecule has 136 valence electrons. The van der Waals surface area contributed by atoms with Crippen LogP contribution >= 0.6 is 0 Å². The lowest BCUT2D eigenvalue weighted by Gasteiger charge is -2.25. The molecule has 3 rings (SSSR count). The lowest BCUT2D eigenvalue weighted by Crippen LogP contribution is -2.40. The van der Waals surface area contributed by atoms with Crippen LogP contribution in [0.25, 0.3) is 0 Å². The predicted octanol–water partition coefficient (Wildman–Crippen LogP) is 3.04. The number of carbonyl (C=O) groups is 2. The molecule has 0 bridgehead atoms. The van der Waals surface area contributed by atoms with Crippen LogP contribution in [0, 0.1) is 0 Å². The van der Waals surface area contributed by atoms with Crippen LogP contribution in [0.5, 0.6) is 17.2 Å². The van der Waals surface area contributed by atoms with Crippen LogP contribution in [0.15, 0.2) is 48.5 Å². The van der Waals surface area contributed by atoms with Crippen LogP contribution in [0.2, 0.25) is 0 Å². The highest BCUT2D eigenvalue weighted by Crippen LogP contribution is 2.31. The number of carbonyl (C=O) groups excluding carboxylic acids is 2. The summed E-state index contributed by atoms with van der Waals surface area (Å²) >= 11 is 0. The maximum atomic E-state index is 12.4. The molecular formula is C20H20O6. The van der Waals surface area contributed by atoms with Crippen molar-refractivity contribution in [3.63, 3.8) is 0 Å². The average molecular weight is 356 g/mol. The molecule has 6 nitrogen and oxygen atoms in total. The highest BCUT2D eigenvalue weighted by Gasteiger charge is 2.31.